The third kappa shape index (κ3) is 2.83. The number of ketones is 1. The second-order valence-electron chi connectivity index (χ2n) is 7.14. The summed E-state index contributed by atoms with van der Waals surface area (Å²) in [5, 5.41) is 2.00. The molecule has 2 aliphatic rings. The Morgan fingerprint density at radius 3 is 2.62 bits per heavy atom. The first-order chi connectivity index (χ1) is 14.1. The van der Waals surface area contributed by atoms with Gasteiger partial charge in [-0.25, -0.2) is 4.79 Å². The molecule has 1 atom stereocenters. The zero-order valence-electron chi connectivity index (χ0n) is 15.5. The normalized spacial score (nSPS) is 19.9. The molecule has 0 spiro atoms. The summed E-state index contributed by atoms with van der Waals surface area (Å²) in [7, 11) is 0. The van der Waals surface area contributed by atoms with E-state index in [4.69, 9.17) is 4.74 Å². The van der Waals surface area contributed by atoms with Crippen LogP contribution in [0.1, 0.15) is 23.2 Å². The maximum atomic E-state index is 13.0. The Labute approximate surface area is 171 Å². The van der Waals surface area contributed by atoms with Crippen molar-refractivity contribution in [3.05, 3.63) is 72.3 Å². The van der Waals surface area contributed by atoms with Gasteiger partial charge in [0.1, 0.15) is 0 Å². The van der Waals surface area contributed by atoms with Gasteiger partial charge in [0, 0.05) is 23.3 Å². The van der Waals surface area contributed by atoms with Crippen LogP contribution < -0.4 is 4.90 Å². The van der Waals surface area contributed by atoms with Gasteiger partial charge in [-0.3, -0.25) is 14.5 Å². The molecule has 0 aromatic heterocycles. The van der Waals surface area contributed by atoms with Crippen molar-refractivity contribution in [2.75, 3.05) is 11.5 Å². The van der Waals surface area contributed by atoms with Crippen molar-refractivity contribution < 1.29 is 19.1 Å². The number of esters is 1. The monoisotopic (exact) mass is 403 g/mol. The average Bonchev–Trinajstić information content (AvgIpc) is 3.27. The van der Waals surface area contributed by atoms with Crippen LogP contribution in [0.15, 0.2) is 71.6 Å². The summed E-state index contributed by atoms with van der Waals surface area (Å²) in [6.07, 6.45) is 0.656. The van der Waals surface area contributed by atoms with Gasteiger partial charge in [-0.2, -0.15) is 0 Å². The molecule has 0 radical (unpaired) electrons. The number of rotatable bonds is 4. The van der Waals surface area contributed by atoms with Gasteiger partial charge in [0.05, 0.1) is 5.69 Å². The third-order valence-electron chi connectivity index (χ3n) is 5.40. The highest BCUT2D eigenvalue weighted by atomic mass is 32.2. The van der Waals surface area contributed by atoms with Crippen molar-refractivity contribution in [2.24, 2.45) is 0 Å². The summed E-state index contributed by atoms with van der Waals surface area (Å²) in [5.74, 6) is -0.907. The summed E-state index contributed by atoms with van der Waals surface area (Å²) in [6, 6.07) is 20.6. The molecule has 6 heteroatoms. The lowest BCUT2D eigenvalue weighted by molar-refractivity contribution is -0.145. The average molecular weight is 403 g/mol. The predicted molar refractivity (Wildman–Crippen MR) is 111 cm³/mol. The van der Waals surface area contributed by atoms with Crippen molar-refractivity contribution in [3.63, 3.8) is 0 Å². The molecule has 0 N–H and O–H groups in total. The van der Waals surface area contributed by atoms with Gasteiger partial charge in [0.2, 0.25) is 5.91 Å². The van der Waals surface area contributed by atoms with Crippen LogP contribution in [0.5, 0.6) is 0 Å². The summed E-state index contributed by atoms with van der Waals surface area (Å²) in [4.78, 5) is 39.4. The topological polar surface area (TPSA) is 63.7 Å². The first-order valence-electron chi connectivity index (χ1n) is 9.39. The van der Waals surface area contributed by atoms with E-state index in [9.17, 15) is 14.4 Å². The van der Waals surface area contributed by atoms with Crippen molar-refractivity contribution in [2.45, 2.75) is 22.6 Å². The molecule has 1 fully saturated rings. The Bertz CT molecular complexity index is 1170. The van der Waals surface area contributed by atoms with Crippen molar-refractivity contribution in [1.29, 1.82) is 0 Å². The molecule has 2 aliphatic heterocycles. The lowest BCUT2D eigenvalue weighted by atomic mass is 10.0. The first-order valence-corrected chi connectivity index (χ1v) is 10.2. The summed E-state index contributed by atoms with van der Waals surface area (Å²) >= 11 is 1.33. The van der Waals surface area contributed by atoms with Crippen LogP contribution in [-0.2, 0) is 14.3 Å². The molecule has 1 amide bonds. The maximum absolute atomic E-state index is 13.0. The molecule has 144 valence electrons. The fraction of sp³-hybridized carbons (Fsp3) is 0.174. The highest BCUT2D eigenvalue weighted by Gasteiger charge is 2.58. The maximum Gasteiger partial charge on any atom is 0.343 e. The van der Waals surface area contributed by atoms with Crippen LogP contribution in [0, 0.1) is 0 Å². The van der Waals surface area contributed by atoms with Crippen LogP contribution in [0.3, 0.4) is 0 Å². The number of amides is 1. The number of para-hydroxylation sites is 1. The van der Waals surface area contributed by atoms with E-state index in [-0.39, 0.29) is 24.7 Å². The predicted octanol–water partition coefficient (Wildman–Crippen LogP) is 4.19. The number of hydrogen-bond acceptors (Lipinski definition) is 5. The second kappa shape index (κ2) is 6.74. The van der Waals surface area contributed by atoms with E-state index in [0.717, 1.165) is 21.4 Å². The molecule has 0 unspecified atom stereocenters. The standard InChI is InChI=1S/C23H17NO4S/c25-19(17-10-9-15-5-1-2-6-16(15)13-17)14-28-22(27)23-12-11-21(26)24(23)18-7-3-4-8-20(18)29-23/h1-10,13H,11-12,14H2/t23-/m0/s1. The van der Waals surface area contributed by atoms with E-state index in [2.05, 4.69) is 0 Å². The molecule has 1 saturated heterocycles. The smallest absolute Gasteiger partial charge is 0.343 e. The van der Waals surface area contributed by atoms with Gasteiger partial charge in [-0.05, 0) is 29.0 Å². The SMILES string of the molecule is O=C(COC(=O)[C@@]12CCC(=O)N1c1ccccc1S2)c1ccc2ccccc2c1. The number of hydrogen-bond donors (Lipinski definition) is 0. The molecule has 5 nitrogen and oxygen atoms in total. The van der Waals surface area contributed by atoms with Crippen molar-refractivity contribution >= 4 is 45.9 Å². The van der Waals surface area contributed by atoms with Crippen LogP contribution in [0.2, 0.25) is 0 Å². The Balaban J connectivity index is 1.35. The Morgan fingerprint density at radius 2 is 1.76 bits per heavy atom. The highest BCUT2D eigenvalue weighted by molar-refractivity contribution is 8.02. The lowest BCUT2D eigenvalue weighted by Crippen LogP contribution is -2.48. The Morgan fingerprint density at radius 1 is 1.00 bits per heavy atom. The summed E-state index contributed by atoms with van der Waals surface area (Å²) in [6.45, 7) is -0.349. The van der Waals surface area contributed by atoms with Crippen LogP contribution in [-0.4, -0.2) is 29.1 Å². The minimum absolute atomic E-state index is 0.0970. The Kier molecular flexibility index (Phi) is 4.17. The quantitative estimate of drug-likeness (QED) is 0.483. The zero-order valence-corrected chi connectivity index (χ0v) is 16.3. The Hall–Kier alpha value is -3.12. The summed E-state index contributed by atoms with van der Waals surface area (Å²) < 4.78 is 5.44. The van der Waals surface area contributed by atoms with Gasteiger partial charge in [-0.15, -0.1) is 0 Å². The second-order valence-corrected chi connectivity index (χ2v) is 8.46. The molecule has 3 aromatic carbocycles. The number of Topliss-reactive ketones (excluding diaryl/α,β-unsaturated/α-hetero) is 1. The highest BCUT2D eigenvalue weighted by Crippen LogP contribution is 2.56. The van der Waals surface area contributed by atoms with E-state index in [0.29, 0.717) is 12.0 Å². The minimum atomic E-state index is -1.11. The van der Waals surface area contributed by atoms with Crippen molar-refractivity contribution in [1.82, 2.24) is 0 Å². The zero-order chi connectivity index (χ0) is 20.0. The van der Waals surface area contributed by atoms with E-state index in [1.807, 2.05) is 54.6 Å². The van der Waals surface area contributed by atoms with Gasteiger partial charge in [0.15, 0.2) is 17.3 Å². The first kappa shape index (κ1) is 17.9. The molecule has 2 heterocycles. The molecular formula is C23H17NO4S. The largest absolute Gasteiger partial charge is 0.455 e. The third-order valence-corrected chi connectivity index (χ3v) is 6.85. The molecular weight excluding hydrogens is 386 g/mol. The van der Waals surface area contributed by atoms with Gasteiger partial charge in [0.25, 0.3) is 0 Å². The number of thioether (sulfide) groups is 1. The van der Waals surface area contributed by atoms with Gasteiger partial charge in [-0.1, -0.05) is 60.3 Å². The molecule has 29 heavy (non-hydrogen) atoms. The fourth-order valence-electron chi connectivity index (χ4n) is 3.96. The fourth-order valence-corrected chi connectivity index (χ4v) is 5.37. The van der Waals surface area contributed by atoms with E-state index in [1.54, 1.807) is 12.1 Å². The molecule has 5 rings (SSSR count). The number of carbonyl (C=O) groups is 3. The minimum Gasteiger partial charge on any atom is -0.455 e. The molecule has 0 bridgehead atoms. The van der Waals surface area contributed by atoms with Gasteiger partial charge >= 0.3 is 5.97 Å². The molecule has 0 saturated carbocycles. The molecule has 3 aromatic rings. The van der Waals surface area contributed by atoms with Crippen LogP contribution >= 0.6 is 11.8 Å². The van der Waals surface area contributed by atoms with E-state index in [1.165, 1.54) is 16.7 Å². The van der Waals surface area contributed by atoms with Gasteiger partial charge < -0.3 is 4.74 Å². The van der Waals surface area contributed by atoms with Crippen LogP contribution in [0.25, 0.3) is 10.8 Å². The number of anilines is 1. The number of benzene rings is 3. The number of nitrogens with zero attached hydrogens (tertiary/aromatic N) is 1. The number of carbonyl (C=O) groups excluding carboxylic acids is 3. The van der Waals surface area contributed by atoms with E-state index < -0.39 is 10.8 Å². The van der Waals surface area contributed by atoms with E-state index >= 15 is 0 Å². The number of fused-ring (bicyclic) bond motifs is 4. The van der Waals surface area contributed by atoms with Crippen molar-refractivity contribution in [3.8, 4) is 0 Å². The van der Waals surface area contributed by atoms with Crippen LogP contribution in [0.4, 0.5) is 5.69 Å². The molecule has 0 aliphatic carbocycles. The summed E-state index contributed by atoms with van der Waals surface area (Å²) in [5.41, 5.74) is 1.23. The lowest BCUT2D eigenvalue weighted by Gasteiger charge is -2.28. The number of ether oxygens (including phenoxy) is 1.